The predicted octanol–water partition coefficient (Wildman–Crippen LogP) is 3.25. The van der Waals surface area contributed by atoms with Gasteiger partial charge in [-0.3, -0.25) is 4.79 Å². The van der Waals surface area contributed by atoms with Gasteiger partial charge in [0.2, 0.25) is 10.0 Å². The van der Waals surface area contributed by atoms with Gasteiger partial charge in [0, 0.05) is 25.1 Å². The van der Waals surface area contributed by atoms with Crippen molar-refractivity contribution in [3.05, 3.63) is 48.0 Å². The lowest BCUT2D eigenvalue weighted by Gasteiger charge is -2.47. The molecule has 0 spiro atoms. The molecule has 2 aliphatic rings. The lowest BCUT2D eigenvalue weighted by Crippen LogP contribution is -2.65. The van der Waals surface area contributed by atoms with E-state index in [0.29, 0.717) is 37.9 Å². The van der Waals surface area contributed by atoms with Gasteiger partial charge in [0.15, 0.2) is 4.87 Å². The van der Waals surface area contributed by atoms with Crippen LogP contribution in [0.1, 0.15) is 49.4 Å². The fraction of sp³-hybridized carbons (Fsp3) is 0.550. The van der Waals surface area contributed by atoms with Crippen molar-refractivity contribution in [2.75, 3.05) is 19.7 Å². The average molecular weight is 427 g/mol. The molecule has 1 aromatic rings. The number of ether oxygens (including phenoxy) is 1. The van der Waals surface area contributed by atoms with Crippen molar-refractivity contribution in [2.45, 2.75) is 49.0 Å². The standard InChI is InChI=1S/C20H27ClN2O4S/c1-16(2)14-27-19(21)10-6-11-20(15-19,28(25,26)23-12-7-13-23)22-18(24)17-8-4-3-5-9-17/h3-5,8-9H,1,6-7,10-15H2,2H3,(H,22,24). The minimum atomic E-state index is -3.79. The van der Waals surface area contributed by atoms with E-state index in [1.165, 1.54) is 4.31 Å². The molecule has 2 fully saturated rings. The van der Waals surface area contributed by atoms with Crippen LogP contribution in [0.4, 0.5) is 0 Å². The summed E-state index contributed by atoms with van der Waals surface area (Å²) in [7, 11) is -3.79. The highest BCUT2D eigenvalue weighted by Crippen LogP contribution is 2.45. The van der Waals surface area contributed by atoms with E-state index < -0.39 is 25.9 Å². The number of amides is 1. The fourth-order valence-electron chi connectivity index (χ4n) is 3.65. The molecule has 0 aromatic heterocycles. The van der Waals surface area contributed by atoms with E-state index in [0.717, 1.165) is 12.0 Å². The van der Waals surface area contributed by atoms with Gasteiger partial charge in [0.05, 0.1) is 6.61 Å². The van der Waals surface area contributed by atoms with Gasteiger partial charge < -0.3 is 10.1 Å². The number of rotatable bonds is 7. The molecule has 0 radical (unpaired) electrons. The average Bonchev–Trinajstić information content (AvgIpc) is 2.59. The van der Waals surface area contributed by atoms with Gasteiger partial charge in [-0.15, -0.1) is 0 Å². The Hall–Kier alpha value is -1.41. The van der Waals surface area contributed by atoms with Crippen molar-refractivity contribution in [1.29, 1.82) is 0 Å². The molecule has 1 saturated carbocycles. The summed E-state index contributed by atoms with van der Waals surface area (Å²) >= 11 is 6.71. The molecule has 1 aromatic carbocycles. The SMILES string of the molecule is C=C(C)COC1(Cl)CCCC(NC(=O)c2ccccc2)(S(=O)(=O)N2CCC2)C1. The highest BCUT2D eigenvalue weighted by molar-refractivity contribution is 7.90. The molecule has 2 atom stereocenters. The van der Waals surface area contributed by atoms with Gasteiger partial charge in [-0.25, -0.2) is 8.42 Å². The zero-order valence-corrected chi connectivity index (χ0v) is 17.7. The van der Waals surface area contributed by atoms with E-state index in [-0.39, 0.29) is 13.0 Å². The second-order valence-electron chi connectivity index (χ2n) is 7.73. The van der Waals surface area contributed by atoms with Crippen molar-refractivity contribution in [3.8, 4) is 0 Å². The molecular formula is C20H27ClN2O4S. The lowest BCUT2D eigenvalue weighted by molar-refractivity contribution is -0.00921. The second-order valence-corrected chi connectivity index (χ2v) is 10.7. The van der Waals surface area contributed by atoms with Gasteiger partial charge in [0.1, 0.15) is 5.06 Å². The normalized spacial score (nSPS) is 28.4. The smallest absolute Gasteiger partial charge is 0.252 e. The van der Waals surface area contributed by atoms with E-state index in [1.807, 2.05) is 6.92 Å². The number of hydrogen-bond acceptors (Lipinski definition) is 4. The zero-order chi connectivity index (χ0) is 20.4. The molecule has 8 heteroatoms. The maximum atomic E-state index is 13.5. The molecule has 1 aliphatic heterocycles. The molecule has 2 unspecified atom stereocenters. The summed E-state index contributed by atoms with van der Waals surface area (Å²) in [5.74, 6) is -0.425. The van der Waals surface area contributed by atoms with E-state index in [2.05, 4.69) is 11.9 Å². The largest absolute Gasteiger partial charge is 0.355 e. The highest BCUT2D eigenvalue weighted by Gasteiger charge is 2.56. The Morgan fingerprint density at radius 2 is 1.93 bits per heavy atom. The number of hydrogen-bond donors (Lipinski definition) is 1. The van der Waals surface area contributed by atoms with Crippen LogP contribution < -0.4 is 5.32 Å². The fourth-order valence-corrected chi connectivity index (χ4v) is 6.42. The third-order valence-electron chi connectivity index (χ3n) is 5.28. The first-order chi connectivity index (χ1) is 13.2. The summed E-state index contributed by atoms with van der Waals surface area (Å²) < 4.78 is 34.2. The van der Waals surface area contributed by atoms with Gasteiger partial charge in [-0.1, -0.05) is 42.0 Å². The first-order valence-electron chi connectivity index (χ1n) is 9.52. The molecule has 1 aliphatic carbocycles. The molecule has 154 valence electrons. The number of carbonyl (C=O) groups excluding carboxylic acids is 1. The Morgan fingerprint density at radius 3 is 2.50 bits per heavy atom. The summed E-state index contributed by atoms with van der Waals surface area (Å²) in [5, 5.41) is 1.66. The maximum absolute atomic E-state index is 13.5. The van der Waals surface area contributed by atoms with E-state index >= 15 is 0 Å². The first-order valence-corrected chi connectivity index (χ1v) is 11.3. The van der Waals surface area contributed by atoms with Crippen LogP contribution in [0.5, 0.6) is 0 Å². The van der Waals surface area contributed by atoms with Gasteiger partial charge in [0.25, 0.3) is 5.91 Å². The quantitative estimate of drug-likeness (QED) is 0.536. The van der Waals surface area contributed by atoms with Crippen LogP contribution in [0.25, 0.3) is 0 Å². The van der Waals surface area contributed by atoms with Crippen molar-refractivity contribution in [2.24, 2.45) is 0 Å². The number of nitrogens with one attached hydrogen (secondary N) is 1. The van der Waals surface area contributed by atoms with Crippen LogP contribution in [0.3, 0.4) is 0 Å². The van der Waals surface area contributed by atoms with E-state index in [4.69, 9.17) is 16.3 Å². The van der Waals surface area contributed by atoms with Crippen LogP contribution in [0.2, 0.25) is 0 Å². The second kappa shape index (κ2) is 8.14. The number of benzene rings is 1. The third-order valence-corrected chi connectivity index (χ3v) is 8.20. The van der Waals surface area contributed by atoms with Crippen LogP contribution >= 0.6 is 11.6 Å². The molecule has 1 N–H and O–H groups in total. The molecule has 6 nitrogen and oxygen atoms in total. The Kier molecular flexibility index (Phi) is 6.20. The van der Waals surface area contributed by atoms with Crippen molar-refractivity contribution >= 4 is 27.5 Å². The predicted molar refractivity (Wildman–Crippen MR) is 110 cm³/mol. The summed E-state index contributed by atoms with van der Waals surface area (Å²) in [6, 6.07) is 8.61. The van der Waals surface area contributed by atoms with E-state index in [1.54, 1.807) is 30.3 Å². The topological polar surface area (TPSA) is 75.7 Å². The van der Waals surface area contributed by atoms with Crippen molar-refractivity contribution in [1.82, 2.24) is 9.62 Å². The van der Waals surface area contributed by atoms with Gasteiger partial charge >= 0.3 is 0 Å². The number of nitrogens with zero attached hydrogens (tertiary/aromatic N) is 1. The summed E-state index contributed by atoms with van der Waals surface area (Å²) in [6.45, 7) is 6.82. The summed E-state index contributed by atoms with van der Waals surface area (Å²) in [4.78, 5) is 11.4. The number of carbonyl (C=O) groups is 1. The van der Waals surface area contributed by atoms with Crippen molar-refractivity contribution < 1.29 is 17.9 Å². The Bertz CT molecular complexity index is 841. The summed E-state index contributed by atoms with van der Waals surface area (Å²) in [6.07, 6.45) is 2.16. The molecular weight excluding hydrogens is 400 g/mol. The maximum Gasteiger partial charge on any atom is 0.252 e. The van der Waals surface area contributed by atoms with Crippen LogP contribution in [-0.4, -0.2) is 48.3 Å². The number of sulfonamides is 1. The number of alkyl halides is 1. The Labute approximate surface area is 171 Å². The third kappa shape index (κ3) is 4.27. The summed E-state index contributed by atoms with van der Waals surface area (Å²) in [5.41, 5.74) is 1.21. The molecule has 0 bridgehead atoms. The minimum Gasteiger partial charge on any atom is -0.355 e. The molecule has 1 amide bonds. The van der Waals surface area contributed by atoms with Crippen LogP contribution in [0, 0.1) is 0 Å². The van der Waals surface area contributed by atoms with Crippen molar-refractivity contribution in [3.63, 3.8) is 0 Å². The monoisotopic (exact) mass is 426 g/mol. The Morgan fingerprint density at radius 1 is 1.25 bits per heavy atom. The molecule has 3 rings (SSSR count). The lowest BCUT2D eigenvalue weighted by atomic mass is 9.91. The minimum absolute atomic E-state index is 0.00770. The Balaban J connectivity index is 1.93. The highest BCUT2D eigenvalue weighted by atomic mass is 35.5. The van der Waals surface area contributed by atoms with Gasteiger partial charge in [-0.05, 0) is 44.7 Å². The molecule has 28 heavy (non-hydrogen) atoms. The van der Waals surface area contributed by atoms with E-state index in [9.17, 15) is 13.2 Å². The molecule has 1 heterocycles. The first kappa shape index (κ1) is 21.3. The van der Waals surface area contributed by atoms with Crippen LogP contribution in [-0.2, 0) is 14.8 Å². The zero-order valence-electron chi connectivity index (χ0n) is 16.1. The number of halogens is 1. The van der Waals surface area contributed by atoms with Crippen LogP contribution in [0.15, 0.2) is 42.5 Å². The van der Waals surface area contributed by atoms with Gasteiger partial charge in [-0.2, -0.15) is 4.31 Å². The molecule has 1 saturated heterocycles.